The molecule has 7 nitrogen and oxygen atoms in total. The second-order valence-corrected chi connectivity index (χ2v) is 12.9. The Balaban J connectivity index is 1.13. The molecule has 1 saturated carbocycles. The van der Waals surface area contributed by atoms with Gasteiger partial charge in [-0.3, -0.25) is 14.5 Å². The normalized spacial score (nSPS) is 26.6. The number of imidazole rings is 1. The number of nitrogens with one attached hydrogen (secondary N) is 1. The third-order valence-corrected chi connectivity index (χ3v) is 10.0. The van der Waals surface area contributed by atoms with Crippen molar-refractivity contribution in [2.45, 2.75) is 95.9 Å². The summed E-state index contributed by atoms with van der Waals surface area (Å²) in [5, 5.41) is 3.14. The summed E-state index contributed by atoms with van der Waals surface area (Å²) in [5.74, 6) is 1.72. The molecule has 36 heavy (non-hydrogen) atoms. The molecule has 4 aliphatic rings. The van der Waals surface area contributed by atoms with Crippen molar-refractivity contribution in [3.63, 3.8) is 0 Å². The van der Waals surface area contributed by atoms with Gasteiger partial charge in [0.1, 0.15) is 5.82 Å². The molecular weight excluding hydrogens is 494 g/mol. The lowest BCUT2D eigenvalue weighted by atomic mass is 9.95. The minimum atomic E-state index is 0.00366. The van der Waals surface area contributed by atoms with Gasteiger partial charge in [0, 0.05) is 61.0 Å². The molecule has 3 aliphatic heterocycles. The fraction of sp³-hybridized carbons (Fsp3) is 0.667. The van der Waals surface area contributed by atoms with Crippen LogP contribution in [0.4, 0.5) is 0 Å². The predicted octanol–water partition coefficient (Wildman–Crippen LogP) is 4.64. The predicted molar refractivity (Wildman–Crippen MR) is 141 cm³/mol. The quantitative estimate of drug-likeness (QED) is 0.567. The van der Waals surface area contributed by atoms with Crippen molar-refractivity contribution in [1.29, 1.82) is 0 Å². The van der Waals surface area contributed by atoms with Crippen molar-refractivity contribution in [2.75, 3.05) is 13.1 Å². The Hall–Kier alpha value is -1.90. The van der Waals surface area contributed by atoms with Crippen LogP contribution in [0, 0.1) is 12.8 Å². The molecule has 0 spiro atoms. The first-order valence-electron chi connectivity index (χ1n) is 13.5. The third-order valence-electron chi connectivity index (χ3n) is 8.68. The van der Waals surface area contributed by atoms with Gasteiger partial charge in [-0.05, 0) is 64.0 Å². The van der Waals surface area contributed by atoms with Gasteiger partial charge in [0.15, 0.2) is 0 Å². The summed E-state index contributed by atoms with van der Waals surface area (Å²) in [7, 11) is 0. The van der Waals surface area contributed by atoms with Gasteiger partial charge in [0.05, 0.1) is 22.6 Å². The Kier molecular flexibility index (Phi) is 6.63. The number of fused-ring (bicyclic) bond motifs is 3. The summed E-state index contributed by atoms with van der Waals surface area (Å²) in [6, 6.07) is 5.61. The van der Waals surface area contributed by atoms with Crippen LogP contribution in [0.1, 0.15) is 86.0 Å². The summed E-state index contributed by atoms with van der Waals surface area (Å²) in [5.41, 5.74) is 2.49. The second-order valence-electron chi connectivity index (χ2n) is 11.1. The average Bonchev–Trinajstić information content (AvgIpc) is 3.45. The van der Waals surface area contributed by atoms with Crippen molar-refractivity contribution < 1.29 is 9.59 Å². The van der Waals surface area contributed by atoms with Gasteiger partial charge >= 0.3 is 0 Å². The highest BCUT2D eigenvalue weighted by Gasteiger charge is 2.43. The number of nitrogens with zero attached hydrogens (tertiary/aromatic N) is 4. The van der Waals surface area contributed by atoms with E-state index < -0.39 is 0 Å². The average molecular weight is 530 g/mol. The zero-order chi connectivity index (χ0) is 25.0. The number of halogens is 1. The van der Waals surface area contributed by atoms with Crippen molar-refractivity contribution in [1.82, 2.24) is 24.7 Å². The Morgan fingerprint density at radius 1 is 1.17 bits per heavy atom. The maximum absolute atomic E-state index is 12.6. The molecule has 1 N–H and O–H groups in total. The maximum Gasteiger partial charge on any atom is 0.226 e. The molecule has 2 aromatic rings. The summed E-state index contributed by atoms with van der Waals surface area (Å²) in [6.45, 7) is 6.23. The SMILES string of the molecule is CC(=O)N[C@@H](CCN1C2CCC1CC(n1c(C)nc3c1CCN(C(=O)C1CC1)C3)C2)c1ccc(Cl)s1. The standard InChI is InChI=1S/C27H36ClN5O2S/c1-16-29-23-15-31(27(35)18-3-4-18)11-10-24(23)33(16)21-13-19-5-6-20(14-21)32(19)12-9-22(30-17(2)34)25-7-8-26(28)36-25/h7-8,18-22H,3-6,9-15H2,1-2H3,(H,30,34)/t19?,20?,21?,22-/m0/s1. The van der Waals surface area contributed by atoms with E-state index in [0.29, 0.717) is 30.6 Å². The highest BCUT2D eigenvalue weighted by molar-refractivity contribution is 7.16. The molecule has 2 saturated heterocycles. The smallest absolute Gasteiger partial charge is 0.226 e. The number of carbonyl (C=O) groups is 2. The maximum atomic E-state index is 12.6. The largest absolute Gasteiger partial charge is 0.349 e. The third kappa shape index (κ3) is 4.72. The van der Waals surface area contributed by atoms with Gasteiger partial charge in [-0.15, -0.1) is 11.3 Å². The fourth-order valence-corrected chi connectivity index (χ4v) is 8.09. The van der Waals surface area contributed by atoms with E-state index in [9.17, 15) is 9.59 Å². The molecule has 6 rings (SSSR count). The zero-order valence-electron chi connectivity index (χ0n) is 21.2. The van der Waals surface area contributed by atoms with Crippen molar-refractivity contribution in [3.05, 3.63) is 38.6 Å². The molecule has 5 heterocycles. The number of thiophene rings is 1. The van der Waals surface area contributed by atoms with Gasteiger partial charge in [-0.1, -0.05) is 11.6 Å². The highest BCUT2D eigenvalue weighted by Crippen LogP contribution is 2.43. The van der Waals surface area contributed by atoms with E-state index in [-0.39, 0.29) is 17.9 Å². The number of hydrogen-bond acceptors (Lipinski definition) is 5. The van der Waals surface area contributed by atoms with E-state index in [1.54, 1.807) is 18.3 Å². The number of amides is 2. The lowest BCUT2D eigenvalue weighted by Crippen LogP contribution is -2.45. The van der Waals surface area contributed by atoms with Gasteiger partial charge < -0.3 is 14.8 Å². The van der Waals surface area contributed by atoms with Gasteiger partial charge in [0.2, 0.25) is 11.8 Å². The fourth-order valence-electron chi connectivity index (χ4n) is 6.95. The molecule has 2 amide bonds. The van der Waals surface area contributed by atoms with Crippen LogP contribution in [0.25, 0.3) is 0 Å². The molecule has 2 unspecified atom stereocenters. The first kappa shape index (κ1) is 24.4. The Morgan fingerprint density at radius 3 is 2.56 bits per heavy atom. The Morgan fingerprint density at radius 2 is 1.92 bits per heavy atom. The Labute approximate surface area is 222 Å². The lowest BCUT2D eigenvalue weighted by Gasteiger charge is -2.41. The second kappa shape index (κ2) is 9.76. The van der Waals surface area contributed by atoms with Gasteiger partial charge in [0.25, 0.3) is 0 Å². The summed E-state index contributed by atoms with van der Waals surface area (Å²) < 4.78 is 3.30. The summed E-state index contributed by atoms with van der Waals surface area (Å²) in [6.07, 6.45) is 8.74. The van der Waals surface area contributed by atoms with Crippen LogP contribution in [0.2, 0.25) is 4.34 Å². The molecule has 0 radical (unpaired) electrons. The molecule has 0 aromatic carbocycles. The molecule has 9 heteroatoms. The monoisotopic (exact) mass is 529 g/mol. The summed E-state index contributed by atoms with van der Waals surface area (Å²) in [4.78, 5) is 35.3. The first-order valence-corrected chi connectivity index (χ1v) is 14.7. The molecule has 3 fully saturated rings. The van der Waals surface area contributed by atoms with Crippen LogP contribution in [0.3, 0.4) is 0 Å². The minimum Gasteiger partial charge on any atom is -0.349 e. The van der Waals surface area contributed by atoms with Gasteiger partial charge in [-0.25, -0.2) is 4.98 Å². The van der Waals surface area contributed by atoms with Crippen molar-refractivity contribution in [3.8, 4) is 0 Å². The van der Waals surface area contributed by atoms with E-state index in [1.807, 2.05) is 17.0 Å². The van der Waals surface area contributed by atoms with Crippen LogP contribution in [0.15, 0.2) is 12.1 Å². The highest BCUT2D eigenvalue weighted by atomic mass is 35.5. The molecule has 194 valence electrons. The summed E-state index contributed by atoms with van der Waals surface area (Å²) >= 11 is 7.74. The number of aromatic nitrogens is 2. The van der Waals surface area contributed by atoms with E-state index in [2.05, 4.69) is 21.7 Å². The molecule has 2 aromatic heterocycles. The molecule has 2 bridgehead atoms. The van der Waals surface area contributed by atoms with Crippen LogP contribution < -0.4 is 5.32 Å². The number of piperidine rings is 1. The van der Waals surface area contributed by atoms with Crippen molar-refractivity contribution >= 4 is 34.8 Å². The number of hydrogen-bond donors (Lipinski definition) is 1. The molecular formula is C27H36ClN5O2S. The van der Waals surface area contributed by atoms with E-state index in [0.717, 1.165) is 72.3 Å². The van der Waals surface area contributed by atoms with E-state index >= 15 is 0 Å². The van der Waals surface area contributed by atoms with Gasteiger partial charge in [-0.2, -0.15) is 0 Å². The zero-order valence-corrected chi connectivity index (χ0v) is 22.8. The van der Waals surface area contributed by atoms with E-state index in [1.165, 1.54) is 18.5 Å². The van der Waals surface area contributed by atoms with Crippen LogP contribution in [0.5, 0.6) is 0 Å². The topological polar surface area (TPSA) is 70.5 Å². The minimum absolute atomic E-state index is 0.00366. The number of aryl methyl sites for hydroxylation is 1. The van der Waals surface area contributed by atoms with Crippen LogP contribution in [-0.2, 0) is 22.6 Å². The van der Waals surface area contributed by atoms with Crippen LogP contribution >= 0.6 is 22.9 Å². The van der Waals surface area contributed by atoms with E-state index in [4.69, 9.17) is 16.6 Å². The van der Waals surface area contributed by atoms with Crippen molar-refractivity contribution in [2.24, 2.45) is 5.92 Å². The first-order chi connectivity index (χ1) is 17.4. The molecule has 1 aliphatic carbocycles. The lowest BCUT2D eigenvalue weighted by molar-refractivity contribution is -0.133. The number of rotatable bonds is 7. The van der Waals surface area contributed by atoms with Crippen LogP contribution in [-0.4, -0.2) is 56.3 Å². The number of carbonyl (C=O) groups excluding carboxylic acids is 2. The Bertz CT molecular complexity index is 1140. The molecule has 3 atom stereocenters.